The van der Waals surface area contributed by atoms with Crippen molar-refractivity contribution in [2.45, 2.75) is 24.2 Å². The van der Waals surface area contributed by atoms with Crippen molar-refractivity contribution < 1.29 is 13.9 Å². The molecule has 88 valence electrons. The van der Waals surface area contributed by atoms with E-state index in [2.05, 4.69) is 5.32 Å². The van der Waals surface area contributed by atoms with Crippen molar-refractivity contribution in [2.75, 3.05) is 13.6 Å². The van der Waals surface area contributed by atoms with Crippen LogP contribution in [-0.2, 0) is 5.41 Å². The molecule has 0 atom stereocenters. The van der Waals surface area contributed by atoms with Gasteiger partial charge in [-0.15, -0.1) is 0 Å². The first-order valence-electron chi connectivity index (χ1n) is 5.29. The molecule has 0 bridgehead atoms. The van der Waals surface area contributed by atoms with Crippen molar-refractivity contribution in [3.8, 4) is 5.75 Å². The zero-order valence-corrected chi connectivity index (χ0v) is 9.13. The van der Waals surface area contributed by atoms with E-state index in [-0.39, 0.29) is 18.6 Å². The fourth-order valence-corrected chi connectivity index (χ4v) is 2.52. The highest BCUT2D eigenvalue weighted by atomic mass is 19.3. The van der Waals surface area contributed by atoms with Gasteiger partial charge in [-0.05, 0) is 24.7 Å². The molecule has 0 spiro atoms. The van der Waals surface area contributed by atoms with Gasteiger partial charge < -0.3 is 10.4 Å². The summed E-state index contributed by atoms with van der Waals surface area (Å²) < 4.78 is 26.1. The monoisotopic (exact) mass is 227 g/mol. The molecule has 1 fully saturated rings. The lowest BCUT2D eigenvalue weighted by Crippen LogP contribution is -2.54. The highest BCUT2D eigenvalue weighted by Crippen LogP contribution is 2.53. The van der Waals surface area contributed by atoms with E-state index in [0.717, 1.165) is 5.56 Å². The molecule has 2 N–H and O–H groups in total. The lowest BCUT2D eigenvalue weighted by molar-refractivity contribution is -0.125. The summed E-state index contributed by atoms with van der Waals surface area (Å²) in [7, 11) is 1.76. The van der Waals surface area contributed by atoms with Gasteiger partial charge in [0.1, 0.15) is 5.75 Å². The smallest absolute Gasteiger partial charge is 0.250 e. The molecular formula is C12H15F2NO. The van der Waals surface area contributed by atoms with E-state index in [1.807, 2.05) is 0 Å². The van der Waals surface area contributed by atoms with Crippen LogP contribution in [0.4, 0.5) is 8.78 Å². The molecule has 1 saturated carbocycles. The summed E-state index contributed by atoms with van der Waals surface area (Å²) in [6.07, 6.45) is -0.239. The van der Waals surface area contributed by atoms with Crippen LogP contribution in [0.5, 0.6) is 5.75 Å². The summed E-state index contributed by atoms with van der Waals surface area (Å²) in [4.78, 5) is 0. The minimum atomic E-state index is -2.55. The fourth-order valence-electron chi connectivity index (χ4n) is 2.52. The van der Waals surface area contributed by atoms with Gasteiger partial charge in [-0.3, -0.25) is 0 Å². The maximum atomic E-state index is 13.0. The summed E-state index contributed by atoms with van der Waals surface area (Å²) in [6.45, 7) is 0.535. The maximum absolute atomic E-state index is 13.0. The van der Waals surface area contributed by atoms with E-state index < -0.39 is 11.3 Å². The number of benzene rings is 1. The second kappa shape index (κ2) is 3.70. The van der Waals surface area contributed by atoms with Crippen LogP contribution in [0, 0.1) is 0 Å². The first-order valence-corrected chi connectivity index (χ1v) is 5.29. The third-order valence-corrected chi connectivity index (χ3v) is 3.19. The highest BCUT2D eigenvalue weighted by Gasteiger charge is 2.56. The van der Waals surface area contributed by atoms with E-state index in [4.69, 9.17) is 0 Å². The average Bonchev–Trinajstić information content (AvgIpc) is 2.16. The van der Waals surface area contributed by atoms with Crippen LogP contribution in [-0.4, -0.2) is 24.6 Å². The van der Waals surface area contributed by atoms with E-state index in [1.54, 1.807) is 31.3 Å². The minimum absolute atomic E-state index is 0.119. The van der Waals surface area contributed by atoms with E-state index >= 15 is 0 Å². The van der Waals surface area contributed by atoms with Gasteiger partial charge in [0, 0.05) is 24.8 Å². The first-order chi connectivity index (χ1) is 7.47. The second-order valence-electron chi connectivity index (χ2n) is 4.57. The molecule has 0 unspecified atom stereocenters. The predicted molar refractivity (Wildman–Crippen MR) is 57.9 cm³/mol. The largest absolute Gasteiger partial charge is 0.508 e. The van der Waals surface area contributed by atoms with Crippen LogP contribution in [0.25, 0.3) is 0 Å². The number of aromatic hydroxyl groups is 1. The van der Waals surface area contributed by atoms with Crippen molar-refractivity contribution in [3.63, 3.8) is 0 Å². The molecule has 4 heteroatoms. The molecule has 0 radical (unpaired) electrons. The summed E-state index contributed by atoms with van der Waals surface area (Å²) in [6, 6.07) is 6.54. The van der Waals surface area contributed by atoms with Gasteiger partial charge in [0.15, 0.2) is 0 Å². The normalized spacial score (nSPS) is 21.4. The number of alkyl halides is 2. The number of phenolic OH excluding ortho intramolecular Hbond substituents is 1. The van der Waals surface area contributed by atoms with Gasteiger partial charge in [-0.2, -0.15) is 0 Å². The highest BCUT2D eigenvalue weighted by molar-refractivity contribution is 5.35. The SMILES string of the molecule is CNCC1(c2ccc(O)cc2)CC(F)(F)C1. The molecule has 2 rings (SSSR count). The zero-order valence-electron chi connectivity index (χ0n) is 9.13. The number of nitrogens with one attached hydrogen (secondary N) is 1. The van der Waals surface area contributed by atoms with Gasteiger partial charge >= 0.3 is 0 Å². The molecule has 0 amide bonds. The molecule has 0 aromatic heterocycles. The number of rotatable bonds is 3. The number of halogens is 2. The molecule has 0 heterocycles. The average molecular weight is 227 g/mol. The van der Waals surface area contributed by atoms with Crippen LogP contribution in [0.15, 0.2) is 24.3 Å². The summed E-state index contributed by atoms with van der Waals surface area (Å²) in [5.74, 6) is -2.39. The Morgan fingerprint density at radius 1 is 1.25 bits per heavy atom. The van der Waals surface area contributed by atoms with Crippen LogP contribution >= 0.6 is 0 Å². The molecule has 1 aromatic rings. The molecule has 0 aliphatic heterocycles. The lowest BCUT2D eigenvalue weighted by Gasteiger charge is -2.47. The predicted octanol–water partition coefficient (Wildman–Crippen LogP) is 2.28. The van der Waals surface area contributed by atoms with Gasteiger partial charge in [0.05, 0.1) is 0 Å². The van der Waals surface area contributed by atoms with Crippen LogP contribution < -0.4 is 5.32 Å². The second-order valence-corrected chi connectivity index (χ2v) is 4.57. The van der Waals surface area contributed by atoms with Crippen molar-refractivity contribution in [2.24, 2.45) is 0 Å². The summed E-state index contributed by atoms with van der Waals surface area (Å²) in [5, 5.41) is 12.1. The summed E-state index contributed by atoms with van der Waals surface area (Å²) in [5.41, 5.74) is 0.386. The van der Waals surface area contributed by atoms with Crippen LogP contribution in [0.2, 0.25) is 0 Å². The molecular weight excluding hydrogens is 212 g/mol. The van der Waals surface area contributed by atoms with Gasteiger partial charge in [0.25, 0.3) is 0 Å². The van der Waals surface area contributed by atoms with Crippen molar-refractivity contribution in [1.29, 1.82) is 0 Å². The first kappa shape index (κ1) is 11.3. The number of likely N-dealkylation sites (N-methyl/N-ethyl adjacent to an activating group) is 1. The van der Waals surface area contributed by atoms with Crippen molar-refractivity contribution >= 4 is 0 Å². The number of phenols is 1. The Bertz CT molecular complexity index is 367. The Hall–Kier alpha value is -1.16. The molecule has 1 aromatic carbocycles. The maximum Gasteiger partial charge on any atom is 0.250 e. The molecule has 1 aliphatic carbocycles. The zero-order chi connectivity index (χ0) is 11.8. The molecule has 1 aliphatic rings. The number of hydrogen-bond acceptors (Lipinski definition) is 2. The van der Waals surface area contributed by atoms with Crippen molar-refractivity contribution in [3.05, 3.63) is 29.8 Å². The van der Waals surface area contributed by atoms with Crippen molar-refractivity contribution in [1.82, 2.24) is 5.32 Å². The lowest BCUT2D eigenvalue weighted by atomic mass is 9.62. The van der Waals surface area contributed by atoms with E-state index in [1.165, 1.54) is 0 Å². The van der Waals surface area contributed by atoms with E-state index in [0.29, 0.717) is 6.54 Å². The molecule has 2 nitrogen and oxygen atoms in total. The summed E-state index contributed by atoms with van der Waals surface area (Å²) >= 11 is 0. The Labute approximate surface area is 93.3 Å². The molecule has 16 heavy (non-hydrogen) atoms. The third-order valence-electron chi connectivity index (χ3n) is 3.19. The quantitative estimate of drug-likeness (QED) is 0.830. The van der Waals surface area contributed by atoms with Gasteiger partial charge in [-0.1, -0.05) is 12.1 Å². The Morgan fingerprint density at radius 3 is 2.25 bits per heavy atom. The van der Waals surface area contributed by atoms with Crippen LogP contribution in [0.3, 0.4) is 0 Å². The third kappa shape index (κ3) is 1.89. The topological polar surface area (TPSA) is 32.3 Å². The van der Waals surface area contributed by atoms with Crippen LogP contribution in [0.1, 0.15) is 18.4 Å². The van der Waals surface area contributed by atoms with Gasteiger partial charge in [-0.25, -0.2) is 8.78 Å². The minimum Gasteiger partial charge on any atom is -0.508 e. The Morgan fingerprint density at radius 2 is 1.81 bits per heavy atom. The number of hydrogen-bond donors (Lipinski definition) is 2. The van der Waals surface area contributed by atoms with E-state index in [9.17, 15) is 13.9 Å². The Balaban J connectivity index is 2.24. The molecule has 0 saturated heterocycles. The Kier molecular flexibility index (Phi) is 2.62. The fraction of sp³-hybridized carbons (Fsp3) is 0.500. The standard InChI is InChI=1S/C12H15F2NO/c1-15-8-11(6-12(13,14)7-11)9-2-4-10(16)5-3-9/h2-5,15-16H,6-8H2,1H3. The van der Waals surface area contributed by atoms with Gasteiger partial charge in [0.2, 0.25) is 5.92 Å².